The quantitative estimate of drug-likeness (QED) is 0.584. The van der Waals surface area contributed by atoms with Crippen molar-refractivity contribution in [2.24, 2.45) is 0 Å². The second-order valence-electron chi connectivity index (χ2n) is 5.97. The van der Waals surface area contributed by atoms with Gasteiger partial charge in [0.1, 0.15) is 24.0 Å². The number of amides is 1. The number of aromatic nitrogens is 3. The number of hydrogen-bond donors (Lipinski definition) is 0. The molecule has 1 aromatic heterocycles. The topological polar surface area (TPSA) is 60.3 Å². The van der Waals surface area contributed by atoms with Gasteiger partial charge in [-0.1, -0.05) is 35.0 Å². The molecule has 11 heteroatoms. The molecule has 0 saturated carbocycles. The van der Waals surface area contributed by atoms with E-state index in [2.05, 4.69) is 10.2 Å². The highest BCUT2D eigenvalue weighted by Gasteiger charge is 2.30. The highest BCUT2D eigenvalue weighted by Crippen LogP contribution is 2.29. The van der Waals surface area contributed by atoms with Gasteiger partial charge in [0.25, 0.3) is 5.91 Å². The van der Waals surface area contributed by atoms with Crippen LogP contribution in [0.1, 0.15) is 16.2 Å². The van der Waals surface area contributed by atoms with Gasteiger partial charge in [-0.2, -0.15) is 0 Å². The third-order valence-corrected chi connectivity index (χ3v) is 5.53. The predicted molar refractivity (Wildman–Crippen MR) is 105 cm³/mol. The van der Waals surface area contributed by atoms with E-state index in [9.17, 15) is 13.6 Å². The zero-order valence-corrected chi connectivity index (χ0v) is 16.9. The van der Waals surface area contributed by atoms with Crippen LogP contribution < -0.4 is 9.75 Å². The normalized spacial score (nSPS) is 13.3. The van der Waals surface area contributed by atoms with Gasteiger partial charge in [0.2, 0.25) is 5.16 Å². The SMILES string of the molecule is O=C(c1ccc(F)cc1F)N1CCSc2nnc(COc3ccc(Cl)cc3Cl)n21. The summed E-state index contributed by atoms with van der Waals surface area (Å²) in [5.41, 5.74) is -0.245. The fourth-order valence-electron chi connectivity index (χ4n) is 2.77. The van der Waals surface area contributed by atoms with E-state index in [4.69, 9.17) is 27.9 Å². The molecule has 6 nitrogen and oxygen atoms in total. The first-order valence-electron chi connectivity index (χ1n) is 8.36. The number of ether oxygens (including phenoxy) is 1. The number of hydrogen-bond acceptors (Lipinski definition) is 5. The van der Waals surface area contributed by atoms with Crippen molar-refractivity contribution in [3.63, 3.8) is 0 Å². The van der Waals surface area contributed by atoms with Crippen LogP contribution in [0.3, 0.4) is 0 Å². The highest BCUT2D eigenvalue weighted by atomic mass is 35.5. The van der Waals surface area contributed by atoms with E-state index >= 15 is 0 Å². The third kappa shape index (κ3) is 4.03. The van der Waals surface area contributed by atoms with Gasteiger partial charge in [0.05, 0.1) is 17.1 Å². The maximum atomic E-state index is 14.1. The molecule has 0 unspecified atom stereocenters. The van der Waals surface area contributed by atoms with Gasteiger partial charge in [-0.05, 0) is 30.3 Å². The molecule has 4 rings (SSSR count). The summed E-state index contributed by atoms with van der Waals surface area (Å²) in [6, 6.07) is 7.61. The van der Waals surface area contributed by atoms with Crippen LogP contribution >= 0.6 is 35.0 Å². The molecule has 1 aliphatic heterocycles. The first-order valence-corrected chi connectivity index (χ1v) is 10.1. The smallest absolute Gasteiger partial charge is 0.275 e. The standard InChI is InChI=1S/C18H12Cl2F2N4O2S/c19-10-1-4-15(13(20)7-10)28-9-16-23-24-18-26(16)25(5-6-29-18)17(27)12-3-2-11(21)8-14(12)22/h1-4,7-8H,5-6,9H2. The molecule has 0 aliphatic carbocycles. The van der Waals surface area contributed by atoms with Gasteiger partial charge in [0.15, 0.2) is 5.82 Å². The summed E-state index contributed by atoms with van der Waals surface area (Å²) >= 11 is 13.4. The van der Waals surface area contributed by atoms with Crippen LogP contribution in [0.5, 0.6) is 5.75 Å². The van der Waals surface area contributed by atoms with Gasteiger partial charge in [-0.15, -0.1) is 10.2 Å². The Morgan fingerprint density at radius 2 is 2.00 bits per heavy atom. The summed E-state index contributed by atoms with van der Waals surface area (Å²) in [5.74, 6) is -1.06. The molecule has 0 saturated heterocycles. The van der Waals surface area contributed by atoms with Crippen molar-refractivity contribution in [2.75, 3.05) is 17.3 Å². The molecule has 0 N–H and O–H groups in total. The lowest BCUT2D eigenvalue weighted by molar-refractivity contribution is 0.0948. The zero-order valence-electron chi connectivity index (χ0n) is 14.6. The minimum Gasteiger partial charge on any atom is -0.484 e. The minimum atomic E-state index is -0.936. The number of carbonyl (C=O) groups is 1. The largest absolute Gasteiger partial charge is 0.484 e. The van der Waals surface area contributed by atoms with Crippen LogP contribution in [-0.2, 0) is 6.61 Å². The average molecular weight is 457 g/mol. The van der Waals surface area contributed by atoms with Crippen LogP contribution in [0.25, 0.3) is 0 Å². The maximum Gasteiger partial charge on any atom is 0.275 e. The van der Waals surface area contributed by atoms with Crippen molar-refractivity contribution in [1.29, 1.82) is 0 Å². The zero-order chi connectivity index (χ0) is 20.5. The molecule has 2 heterocycles. The van der Waals surface area contributed by atoms with E-state index in [-0.39, 0.29) is 12.2 Å². The molecule has 0 atom stereocenters. The Morgan fingerprint density at radius 1 is 1.17 bits per heavy atom. The summed E-state index contributed by atoms with van der Waals surface area (Å²) < 4.78 is 34.5. The molecule has 2 aromatic carbocycles. The first-order chi connectivity index (χ1) is 13.9. The highest BCUT2D eigenvalue weighted by molar-refractivity contribution is 7.99. The van der Waals surface area contributed by atoms with Crippen molar-refractivity contribution in [3.8, 4) is 5.75 Å². The molecule has 3 aromatic rings. The number of carbonyl (C=O) groups excluding carboxylic acids is 1. The molecule has 0 spiro atoms. The monoisotopic (exact) mass is 456 g/mol. The van der Waals surface area contributed by atoms with Gasteiger partial charge >= 0.3 is 0 Å². The summed E-state index contributed by atoms with van der Waals surface area (Å²) in [6.07, 6.45) is 0. The van der Waals surface area contributed by atoms with Crippen LogP contribution in [-0.4, -0.2) is 33.1 Å². The van der Waals surface area contributed by atoms with Gasteiger partial charge in [-0.25, -0.2) is 18.5 Å². The molecule has 0 bridgehead atoms. The number of rotatable bonds is 4. The molecule has 150 valence electrons. The van der Waals surface area contributed by atoms with Crippen LogP contribution in [0.2, 0.25) is 10.0 Å². The Balaban J connectivity index is 1.61. The van der Waals surface area contributed by atoms with E-state index in [1.165, 1.54) is 21.4 Å². The lowest BCUT2D eigenvalue weighted by Crippen LogP contribution is -2.46. The lowest BCUT2D eigenvalue weighted by atomic mass is 10.2. The summed E-state index contributed by atoms with van der Waals surface area (Å²) in [5, 5.41) is 10.7. The summed E-state index contributed by atoms with van der Waals surface area (Å²) in [6.45, 7) is 0.255. The lowest BCUT2D eigenvalue weighted by Gasteiger charge is -2.29. The Morgan fingerprint density at radius 3 is 2.76 bits per heavy atom. The second kappa shape index (κ2) is 8.17. The average Bonchev–Trinajstić information content (AvgIpc) is 3.10. The Kier molecular flexibility index (Phi) is 5.62. The van der Waals surface area contributed by atoms with Gasteiger partial charge in [0, 0.05) is 16.8 Å². The minimum absolute atomic E-state index is 0.0371. The van der Waals surface area contributed by atoms with Crippen molar-refractivity contribution in [2.45, 2.75) is 11.8 Å². The number of thioether (sulfide) groups is 1. The molecule has 0 fully saturated rings. The summed E-state index contributed by atoms with van der Waals surface area (Å²) in [4.78, 5) is 12.9. The fourth-order valence-corrected chi connectivity index (χ4v) is 4.11. The molecule has 29 heavy (non-hydrogen) atoms. The van der Waals surface area contributed by atoms with Crippen molar-refractivity contribution in [3.05, 3.63) is 69.5 Å². The Bertz CT molecular complexity index is 1100. The van der Waals surface area contributed by atoms with Gasteiger partial charge in [-0.3, -0.25) is 4.79 Å². The van der Waals surface area contributed by atoms with Crippen molar-refractivity contribution < 1.29 is 18.3 Å². The van der Waals surface area contributed by atoms with E-state index in [0.29, 0.717) is 45.1 Å². The number of nitrogens with zero attached hydrogens (tertiary/aromatic N) is 4. The molecule has 1 aliphatic rings. The van der Waals surface area contributed by atoms with Crippen LogP contribution in [0.4, 0.5) is 8.78 Å². The van der Waals surface area contributed by atoms with Crippen LogP contribution in [0, 0.1) is 11.6 Å². The van der Waals surface area contributed by atoms with E-state index in [1.807, 2.05) is 0 Å². The fraction of sp³-hybridized carbons (Fsp3) is 0.167. The first kappa shape index (κ1) is 19.9. The van der Waals surface area contributed by atoms with E-state index < -0.39 is 17.5 Å². The number of halogens is 4. The molecular weight excluding hydrogens is 445 g/mol. The van der Waals surface area contributed by atoms with E-state index in [1.54, 1.807) is 18.2 Å². The maximum absolute atomic E-state index is 14.1. The second-order valence-corrected chi connectivity index (χ2v) is 7.88. The van der Waals surface area contributed by atoms with Crippen molar-refractivity contribution in [1.82, 2.24) is 14.9 Å². The van der Waals surface area contributed by atoms with Crippen LogP contribution in [0.15, 0.2) is 41.6 Å². The molecule has 1 amide bonds. The summed E-state index contributed by atoms with van der Waals surface area (Å²) in [7, 11) is 0. The Labute approximate surface area is 178 Å². The molecule has 0 radical (unpaired) electrons. The Hall–Kier alpha value is -2.36. The number of benzene rings is 2. The van der Waals surface area contributed by atoms with E-state index in [0.717, 1.165) is 12.1 Å². The van der Waals surface area contributed by atoms with Crippen molar-refractivity contribution >= 4 is 40.9 Å². The predicted octanol–water partition coefficient (Wildman–Crippen LogP) is 4.33. The molecular formula is C18H12Cl2F2N4O2S. The number of fused-ring (bicyclic) bond motifs is 1. The third-order valence-electron chi connectivity index (χ3n) is 4.10. The van der Waals surface area contributed by atoms with Gasteiger partial charge < -0.3 is 4.74 Å².